The van der Waals surface area contributed by atoms with Gasteiger partial charge in [-0.2, -0.15) is 4.72 Å². The summed E-state index contributed by atoms with van der Waals surface area (Å²) in [5.41, 5.74) is 4.82. The lowest BCUT2D eigenvalue weighted by Crippen LogP contribution is -2.45. The number of hydrogen-bond acceptors (Lipinski definition) is 5. The molecule has 178 valence electrons. The van der Waals surface area contributed by atoms with E-state index in [1.807, 2.05) is 31.3 Å². The maximum absolute atomic E-state index is 13.5. The van der Waals surface area contributed by atoms with E-state index >= 15 is 0 Å². The van der Waals surface area contributed by atoms with Crippen LogP contribution in [0, 0.1) is 26.7 Å². The summed E-state index contributed by atoms with van der Waals surface area (Å²) in [5.74, 6) is -0.222. The molecule has 0 aliphatic carbocycles. The number of H-pyrrole nitrogens is 1. The van der Waals surface area contributed by atoms with E-state index in [2.05, 4.69) is 15.8 Å². The molecule has 8 heteroatoms. The van der Waals surface area contributed by atoms with E-state index in [0.717, 1.165) is 27.6 Å². The fourth-order valence-electron chi connectivity index (χ4n) is 4.27. The molecule has 0 unspecified atom stereocenters. The lowest BCUT2D eigenvalue weighted by atomic mass is 9.93. The van der Waals surface area contributed by atoms with Crippen LogP contribution in [0.1, 0.15) is 41.7 Å². The quantitative estimate of drug-likeness (QED) is 0.480. The maximum atomic E-state index is 13.5. The highest BCUT2D eigenvalue weighted by atomic mass is 32.2. The average molecular weight is 473 g/mol. The summed E-state index contributed by atoms with van der Waals surface area (Å²) < 4.78 is 40.2. The van der Waals surface area contributed by atoms with E-state index in [-0.39, 0.29) is 10.8 Å². The Morgan fingerprint density at radius 1 is 1.06 bits per heavy atom. The zero-order chi connectivity index (χ0) is 24.5. The van der Waals surface area contributed by atoms with Crippen LogP contribution in [0.25, 0.3) is 10.9 Å². The van der Waals surface area contributed by atoms with Crippen LogP contribution >= 0.6 is 0 Å². The molecule has 0 saturated carbocycles. The molecule has 0 aliphatic rings. The first kappa shape index (κ1) is 24.8. The molecule has 7 nitrogen and oxygen atoms in total. The number of rotatable bonds is 8. The molecule has 0 saturated heterocycles. The minimum Gasteiger partial charge on any atom is -0.496 e. The van der Waals surface area contributed by atoms with Crippen LogP contribution in [-0.4, -0.2) is 39.6 Å². The topological polar surface area (TPSA) is 97.5 Å². The molecule has 3 aromatic rings. The van der Waals surface area contributed by atoms with Crippen LogP contribution in [0.2, 0.25) is 0 Å². The van der Waals surface area contributed by atoms with Crippen molar-refractivity contribution in [2.75, 3.05) is 14.2 Å². The highest BCUT2D eigenvalue weighted by molar-refractivity contribution is 7.89. The van der Waals surface area contributed by atoms with Crippen molar-refractivity contribution in [3.8, 4) is 5.75 Å². The number of carbonyl (C=O) groups is 1. The molecule has 1 atom stereocenters. The van der Waals surface area contributed by atoms with Crippen molar-refractivity contribution in [2.24, 2.45) is 5.92 Å². The molecule has 1 heterocycles. The van der Waals surface area contributed by atoms with Gasteiger partial charge in [0.2, 0.25) is 10.0 Å². The fourth-order valence-corrected chi connectivity index (χ4v) is 6.18. The van der Waals surface area contributed by atoms with Gasteiger partial charge < -0.3 is 14.5 Å². The number of nitrogens with one attached hydrogen (secondary N) is 2. The van der Waals surface area contributed by atoms with Gasteiger partial charge in [0, 0.05) is 23.7 Å². The van der Waals surface area contributed by atoms with Gasteiger partial charge in [0.05, 0.1) is 19.1 Å². The van der Waals surface area contributed by atoms with E-state index in [4.69, 9.17) is 9.47 Å². The van der Waals surface area contributed by atoms with Gasteiger partial charge >= 0.3 is 5.97 Å². The number of ether oxygens (including phenoxy) is 2. The Balaban J connectivity index is 2.14. The molecule has 33 heavy (non-hydrogen) atoms. The minimum absolute atomic E-state index is 0.174. The lowest BCUT2D eigenvalue weighted by molar-refractivity contribution is -0.143. The first-order valence-corrected chi connectivity index (χ1v) is 12.3. The molecule has 3 rings (SSSR count). The van der Waals surface area contributed by atoms with Gasteiger partial charge in [-0.3, -0.25) is 4.79 Å². The number of aromatic nitrogens is 1. The number of aromatic amines is 1. The van der Waals surface area contributed by atoms with Gasteiger partial charge in [-0.1, -0.05) is 19.9 Å². The van der Waals surface area contributed by atoms with Crippen LogP contribution in [0.4, 0.5) is 0 Å². The van der Waals surface area contributed by atoms with Gasteiger partial charge in [0.25, 0.3) is 0 Å². The number of fused-ring (bicyclic) bond motifs is 1. The van der Waals surface area contributed by atoms with E-state index in [9.17, 15) is 13.2 Å². The molecule has 0 bridgehead atoms. The highest BCUT2D eigenvalue weighted by Gasteiger charge is 2.33. The monoisotopic (exact) mass is 472 g/mol. The van der Waals surface area contributed by atoms with Crippen LogP contribution < -0.4 is 9.46 Å². The Hall–Kier alpha value is -2.84. The average Bonchev–Trinajstić information content (AvgIpc) is 3.23. The maximum Gasteiger partial charge on any atom is 0.324 e. The first-order valence-electron chi connectivity index (χ1n) is 10.8. The van der Waals surface area contributed by atoms with Crippen molar-refractivity contribution < 1.29 is 22.7 Å². The predicted octanol–water partition coefficient (Wildman–Crippen LogP) is 4.17. The lowest BCUT2D eigenvalue weighted by Gasteiger charge is -2.24. The minimum atomic E-state index is -4.02. The number of esters is 1. The number of hydrogen-bond donors (Lipinski definition) is 2. The molecule has 0 amide bonds. The van der Waals surface area contributed by atoms with Gasteiger partial charge in [-0.05, 0) is 72.5 Å². The molecule has 0 fully saturated rings. The standard InChI is InChI=1S/C25H32N2O5S/c1-14(2)22(25(28)32-7)27-33(29,30)24-16(4)15(3)23(31-6)20(17(24)5)13-18-8-9-21-19(12-18)10-11-26-21/h8-12,14,22,26-27H,13H2,1-7H3/t22-/m1/s1. The number of carbonyl (C=O) groups excluding carboxylic acids is 1. The van der Waals surface area contributed by atoms with E-state index in [0.29, 0.717) is 23.3 Å². The van der Waals surface area contributed by atoms with Crippen molar-refractivity contribution in [3.63, 3.8) is 0 Å². The van der Waals surface area contributed by atoms with Crippen molar-refractivity contribution in [3.05, 3.63) is 58.3 Å². The Kier molecular flexibility index (Phi) is 7.19. The molecular weight excluding hydrogens is 440 g/mol. The van der Waals surface area contributed by atoms with Gasteiger partial charge in [-0.15, -0.1) is 0 Å². The number of sulfonamides is 1. The predicted molar refractivity (Wildman–Crippen MR) is 129 cm³/mol. The summed E-state index contributed by atoms with van der Waals surface area (Å²) in [4.78, 5) is 15.6. The third kappa shape index (κ3) is 4.77. The third-order valence-corrected chi connectivity index (χ3v) is 7.90. The Morgan fingerprint density at radius 2 is 1.76 bits per heavy atom. The highest BCUT2D eigenvalue weighted by Crippen LogP contribution is 2.37. The van der Waals surface area contributed by atoms with Crippen molar-refractivity contribution in [1.82, 2.24) is 9.71 Å². The van der Waals surface area contributed by atoms with Gasteiger partial charge in [-0.25, -0.2) is 8.42 Å². The van der Waals surface area contributed by atoms with Crippen LogP contribution in [0.3, 0.4) is 0 Å². The van der Waals surface area contributed by atoms with Crippen LogP contribution in [-0.2, 0) is 26.0 Å². The molecule has 2 aromatic carbocycles. The number of benzene rings is 2. The van der Waals surface area contributed by atoms with Gasteiger partial charge in [0.15, 0.2) is 0 Å². The first-order chi connectivity index (χ1) is 15.5. The summed E-state index contributed by atoms with van der Waals surface area (Å²) in [7, 11) is -1.18. The van der Waals surface area contributed by atoms with Crippen LogP contribution in [0.5, 0.6) is 5.75 Å². The summed E-state index contributed by atoms with van der Waals surface area (Å²) in [6.07, 6.45) is 2.39. The molecule has 2 N–H and O–H groups in total. The largest absolute Gasteiger partial charge is 0.496 e. The summed E-state index contributed by atoms with van der Waals surface area (Å²) in [6.45, 7) is 8.94. The molecule has 0 radical (unpaired) electrons. The van der Waals surface area contributed by atoms with Gasteiger partial charge in [0.1, 0.15) is 11.8 Å². The number of methoxy groups -OCH3 is 2. The zero-order valence-electron chi connectivity index (χ0n) is 20.2. The van der Waals surface area contributed by atoms with Crippen LogP contribution in [0.15, 0.2) is 35.4 Å². The molecule has 0 spiro atoms. The molecular formula is C25H32N2O5S. The molecule has 1 aromatic heterocycles. The smallest absolute Gasteiger partial charge is 0.324 e. The summed E-state index contributed by atoms with van der Waals surface area (Å²) >= 11 is 0. The van der Waals surface area contributed by atoms with Crippen molar-refractivity contribution >= 4 is 26.9 Å². The Morgan fingerprint density at radius 3 is 2.36 bits per heavy atom. The van der Waals surface area contributed by atoms with E-state index in [1.165, 1.54) is 7.11 Å². The third-order valence-electron chi connectivity index (χ3n) is 6.19. The van der Waals surface area contributed by atoms with E-state index < -0.39 is 22.0 Å². The Bertz CT molecular complexity index is 1290. The van der Waals surface area contributed by atoms with E-state index in [1.54, 1.807) is 34.8 Å². The second kappa shape index (κ2) is 9.57. The summed E-state index contributed by atoms with van der Waals surface area (Å²) in [5, 5.41) is 1.08. The zero-order valence-corrected chi connectivity index (χ0v) is 21.0. The van der Waals surface area contributed by atoms with Crippen molar-refractivity contribution in [2.45, 2.75) is 52.0 Å². The fraction of sp³-hybridized carbons (Fsp3) is 0.400. The Labute approximate surface area is 195 Å². The summed E-state index contributed by atoms with van der Waals surface area (Å²) in [6, 6.07) is 7.13. The molecule has 0 aliphatic heterocycles. The second-order valence-corrected chi connectivity index (χ2v) is 10.3. The normalized spacial score (nSPS) is 12.8. The SMILES string of the molecule is COC(=O)[C@H](NS(=O)(=O)c1c(C)c(C)c(OC)c(Cc2ccc3[nH]ccc3c2)c1C)C(C)C. The second-order valence-electron chi connectivity index (χ2n) is 8.66. The van der Waals surface area contributed by atoms with Crippen molar-refractivity contribution in [1.29, 1.82) is 0 Å².